The summed E-state index contributed by atoms with van der Waals surface area (Å²) in [5.41, 5.74) is 5.10. The molecular weight excluding hydrogens is 685 g/mol. The maximum atomic E-state index is 14.1. The van der Waals surface area contributed by atoms with Gasteiger partial charge in [0, 0.05) is 52.3 Å². The van der Waals surface area contributed by atoms with Gasteiger partial charge < -0.3 is 38.1 Å². The highest BCUT2D eigenvalue weighted by molar-refractivity contribution is 7.89. The number of nitrogens with zero attached hydrogens (tertiary/aromatic N) is 2. The molecule has 0 bridgehead atoms. The summed E-state index contributed by atoms with van der Waals surface area (Å²) in [5, 5.41) is 0. The Kier molecular flexibility index (Phi) is 13.6. The molecule has 52 heavy (non-hydrogen) atoms. The maximum Gasteiger partial charge on any atom is 0.243 e. The Morgan fingerprint density at radius 2 is 1.62 bits per heavy atom. The molecule has 3 heterocycles. The Bertz CT molecular complexity index is 1670. The zero-order valence-corrected chi connectivity index (χ0v) is 31.7. The molecule has 3 aliphatic heterocycles. The lowest BCUT2D eigenvalue weighted by Gasteiger charge is -2.43. The highest BCUT2D eigenvalue weighted by atomic mass is 32.2. The Morgan fingerprint density at radius 3 is 2.33 bits per heavy atom. The second-order valence-electron chi connectivity index (χ2n) is 14.1. The number of epoxide rings is 1. The van der Waals surface area contributed by atoms with Crippen LogP contribution in [-0.2, 0) is 51.7 Å². The van der Waals surface area contributed by atoms with Crippen LogP contribution in [-0.4, -0.2) is 111 Å². The molecule has 3 aromatic rings. The van der Waals surface area contributed by atoms with Crippen molar-refractivity contribution in [3.63, 3.8) is 0 Å². The summed E-state index contributed by atoms with van der Waals surface area (Å²) in [6.45, 7) is 10.5. The lowest BCUT2D eigenvalue weighted by atomic mass is 9.85. The van der Waals surface area contributed by atoms with E-state index in [1.807, 2.05) is 31.2 Å². The van der Waals surface area contributed by atoms with Crippen molar-refractivity contribution < 1.29 is 41.6 Å². The van der Waals surface area contributed by atoms with Gasteiger partial charge in [0.2, 0.25) is 10.0 Å². The van der Waals surface area contributed by atoms with Gasteiger partial charge in [0.1, 0.15) is 18.5 Å². The summed E-state index contributed by atoms with van der Waals surface area (Å²) < 4.78 is 71.1. The van der Waals surface area contributed by atoms with Gasteiger partial charge in [-0.15, -0.1) is 0 Å². The van der Waals surface area contributed by atoms with Crippen molar-refractivity contribution in [1.29, 1.82) is 0 Å². The van der Waals surface area contributed by atoms with E-state index in [1.165, 1.54) is 4.31 Å². The van der Waals surface area contributed by atoms with E-state index in [2.05, 4.69) is 42.2 Å². The van der Waals surface area contributed by atoms with Crippen LogP contribution in [0.25, 0.3) is 0 Å². The lowest BCUT2D eigenvalue weighted by Crippen LogP contribution is -2.54. The van der Waals surface area contributed by atoms with E-state index >= 15 is 0 Å². The van der Waals surface area contributed by atoms with Crippen LogP contribution in [0.5, 0.6) is 5.75 Å². The van der Waals surface area contributed by atoms with Gasteiger partial charge in [-0.05, 0) is 54.3 Å². The summed E-state index contributed by atoms with van der Waals surface area (Å²) in [6.07, 6.45) is -0.0279. The van der Waals surface area contributed by atoms with E-state index in [-0.39, 0.29) is 30.0 Å². The van der Waals surface area contributed by atoms with Gasteiger partial charge in [-0.3, -0.25) is 0 Å². The molecule has 2 saturated heterocycles. The molecule has 12 heteroatoms. The van der Waals surface area contributed by atoms with Crippen LogP contribution in [0.2, 0.25) is 0 Å². The first-order chi connectivity index (χ1) is 25.2. The number of rotatable bonds is 19. The number of hydrogen-bond acceptors (Lipinski definition) is 10. The monoisotopic (exact) mass is 738 g/mol. The zero-order chi connectivity index (χ0) is 36.5. The average Bonchev–Trinajstić information content (AvgIpc) is 3.98. The first-order valence-corrected chi connectivity index (χ1v) is 19.8. The van der Waals surface area contributed by atoms with Gasteiger partial charge in [-0.2, -0.15) is 4.31 Å². The van der Waals surface area contributed by atoms with Gasteiger partial charge in [-0.25, -0.2) is 8.42 Å². The van der Waals surface area contributed by atoms with Gasteiger partial charge in [0.05, 0.1) is 69.0 Å². The van der Waals surface area contributed by atoms with Crippen LogP contribution in [0.3, 0.4) is 0 Å². The van der Waals surface area contributed by atoms with E-state index in [0.29, 0.717) is 58.8 Å². The smallest absolute Gasteiger partial charge is 0.243 e. The summed E-state index contributed by atoms with van der Waals surface area (Å²) in [6, 6.07) is 21.5. The Labute approximate surface area is 309 Å². The Morgan fingerprint density at radius 1 is 0.885 bits per heavy atom. The first kappa shape index (κ1) is 38.6. The normalized spacial score (nSPS) is 22.5. The number of hydrogen-bond donors (Lipinski definition) is 0. The molecule has 0 spiro atoms. The molecule has 0 saturated carbocycles. The Hall–Kier alpha value is -3.07. The highest BCUT2D eigenvalue weighted by Gasteiger charge is 2.44. The molecule has 5 atom stereocenters. The van der Waals surface area contributed by atoms with E-state index < -0.39 is 22.2 Å². The van der Waals surface area contributed by atoms with Crippen molar-refractivity contribution >= 4 is 15.7 Å². The zero-order valence-electron chi connectivity index (χ0n) is 30.9. The number of ether oxygens (including phenoxy) is 7. The molecule has 0 radical (unpaired) electrons. The second kappa shape index (κ2) is 18.3. The van der Waals surface area contributed by atoms with Crippen LogP contribution in [0, 0.1) is 12.8 Å². The fraction of sp³-hybridized carbons (Fsp3) is 0.550. The molecule has 11 nitrogen and oxygen atoms in total. The van der Waals surface area contributed by atoms with Crippen molar-refractivity contribution in [1.82, 2.24) is 4.31 Å². The number of piperidine rings is 1. The third-order valence-electron chi connectivity index (χ3n) is 9.84. The fourth-order valence-electron chi connectivity index (χ4n) is 6.93. The predicted octanol–water partition coefficient (Wildman–Crippen LogP) is 5.19. The predicted molar refractivity (Wildman–Crippen MR) is 199 cm³/mol. The highest BCUT2D eigenvalue weighted by Crippen LogP contribution is 2.38. The molecule has 2 fully saturated rings. The van der Waals surface area contributed by atoms with Crippen molar-refractivity contribution in [3.05, 3.63) is 89.0 Å². The molecule has 0 N–H and O–H groups in total. The summed E-state index contributed by atoms with van der Waals surface area (Å²) >= 11 is 0. The van der Waals surface area contributed by atoms with Crippen molar-refractivity contribution in [2.45, 2.75) is 62.6 Å². The van der Waals surface area contributed by atoms with Crippen LogP contribution >= 0.6 is 0 Å². The van der Waals surface area contributed by atoms with E-state index in [4.69, 9.17) is 33.2 Å². The van der Waals surface area contributed by atoms with Crippen LogP contribution in [0.1, 0.15) is 41.5 Å². The summed E-state index contributed by atoms with van der Waals surface area (Å²) in [5.74, 6) is 0.927. The molecule has 0 aliphatic carbocycles. The molecule has 3 aliphatic rings. The summed E-state index contributed by atoms with van der Waals surface area (Å²) in [4.78, 5) is 2.58. The minimum absolute atomic E-state index is 0.0219. The SMILES string of the molecule is COCCCN1CCOc2ccc(CO[C@H]3CN(S(=O)(=O)c4ccc(C)cc4)C[C@@H](OC[C@H]4CO4)[C@@H]3c3ccc(COC[C@@H](C)COC)cc3)cc21. The summed E-state index contributed by atoms with van der Waals surface area (Å²) in [7, 11) is -0.412. The number of fused-ring (bicyclic) bond motifs is 1. The minimum atomic E-state index is -3.83. The van der Waals surface area contributed by atoms with Gasteiger partial charge >= 0.3 is 0 Å². The van der Waals surface area contributed by atoms with E-state index in [0.717, 1.165) is 53.2 Å². The molecule has 0 aromatic heterocycles. The first-order valence-electron chi connectivity index (χ1n) is 18.3. The molecule has 0 unspecified atom stereocenters. The van der Waals surface area contributed by atoms with Gasteiger partial charge in [0.25, 0.3) is 0 Å². The maximum absolute atomic E-state index is 14.1. The van der Waals surface area contributed by atoms with Crippen LogP contribution in [0.4, 0.5) is 5.69 Å². The molecular formula is C40H54N2O9S. The lowest BCUT2D eigenvalue weighted by molar-refractivity contribution is -0.0808. The fourth-order valence-corrected chi connectivity index (χ4v) is 8.39. The van der Waals surface area contributed by atoms with Gasteiger partial charge in [-0.1, -0.05) is 55.0 Å². The number of methoxy groups -OCH3 is 2. The van der Waals surface area contributed by atoms with Crippen LogP contribution in [0.15, 0.2) is 71.6 Å². The standard InChI is InChI=1S/C40H54N2O9S/c1-29-6-13-35(14-7-29)52(43,44)42-21-38(50-26-32-10-15-37-36(20-32)41(17-19-48-37)16-5-18-45-3)40(39(22-42)51-28-34-27-49-34)33-11-8-31(9-12-33)25-47-24-30(2)23-46-4/h6-15,20,30,34,38-40H,5,16-19,21-28H2,1-4H3/t30-,34+,38-,39+,40+/m0/s1. The van der Waals surface area contributed by atoms with Crippen LogP contribution < -0.4 is 9.64 Å². The van der Waals surface area contributed by atoms with Gasteiger partial charge in [0.15, 0.2) is 0 Å². The van der Waals surface area contributed by atoms with Crippen molar-refractivity contribution in [3.8, 4) is 5.75 Å². The van der Waals surface area contributed by atoms with Crippen molar-refractivity contribution in [2.75, 3.05) is 84.9 Å². The Balaban J connectivity index is 1.26. The number of sulfonamides is 1. The third kappa shape index (κ3) is 10.1. The number of anilines is 1. The second-order valence-corrected chi connectivity index (χ2v) is 16.1. The van der Waals surface area contributed by atoms with E-state index in [1.54, 1.807) is 26.4 Å². The molecule has 0 amide bonds. The quantitative estimate of drug-likeness (QED) is 0.121. The van der Waals surface area contributed by atoms with Crippen molar-refractivity contribution in [2.24, 2.45) is 5.92 Å². The third-order valence-corrected chi connectivity index (χ3v) is 11.7. The largest absolute Gasteiger partial charge is 0.490 e. The number of benzene rings is 3. The topological polar surface area (TPSA) is 109 Å². The molecule has 6 rings (SSSR count). The number of aryl methyl sites for hydroxylation is 1. The average molecular weight is 739 g/mol. The molecule has 284 valence electrons. The van der Waals surface area contributed by atoms with E-state index in [9.17, 15) is 8.42 Å². The molecule has 3 aromatic carbocycles. The minimum Gasteiger partial charge on any atom is -0.490 e.